The monoisotopic (exact) mass is 360 g/mol. The van der Waals surface area contributed by atoms with Crippen molar-refractivity contribution in [2.24, 2.45) is 0 Å². The minimum Gasteiger partial charge on any atom is -0.311 e. The predicted octanol–water partition coefficient (Wildman–Crippen LogP) is 6.46. The normalized spacial score (nSPS) is 14.4. The molecule has 1 aliphatic rings. The van der Waals surface area contributed by atoms with Crippen LogP contribution >= 0.6 is 0 Å². The molecule has 4 aromatic rings. The molecule has 0 radical (unpaired) electrons. The number of nitrogens with zero attached hydrogens (tertiary/aromatic N) is 2. The lowest BCUT2D eigenvalue weighted by atomic mass is 9.91. The van der Waals surface area contributed by atoms with E-state index in [9.17, 15) is 5.26 Å². The Hall–Kier alpha value is -3.57. The maximum absolute atomic E-state index is 10.2. The van der Waals surface area contributed by atoms with Crippen molar-refractivity contribution < 1.29 is 0 Å². The molecule has 0 spiro atoms. The average molecular weight is 360 g/mol. The molecule has 0 saturated heterocycles. The number of hydrogen-bond acceptors (Lipinski definition) is 1. The van der Waals surface area contributed by atoms with Gasteiger partial charge >= 0.3 is 0 Å². The third-order valence-corrected chi connectivity index (χ3v) is 5.76. The van der Waals surface area contributed by atoms with Gasteiger partial charge in [0.2, 0.25) is 0 Å². The summed E-state index contributed by atoms with van der Waals surface area (Å²) in [6, 6.07) is 29.9. The highest BCUT2D eigenvalue weighted by Crippen LogP contribution is 2.49. The number of fused-ring (bicyclic) bond motifs is 3. The van der Waals surface area contributed by atoms with Gasteiger partial charge in [-0.3, -0.25) is 0 Å². The van der Waals surface area contributed by atoms with Crippen molar-refractivity contribution in [3.05, 3.63) is 101 Å². The highest BCUT2D eigenvalue weighted by atomic mass is 15.0. The number of benzene rings is 3. The first kappa shape index (κ1) is 16.6. The zero-order valence-electron chi connectivity index (χ0n) is 16.0. The minimum atomic E-state index is 0.233. The first-order valence-corrected chi connectivity index (χ1v) is 9.61. The van der Waals surface area contributed by atoms with Crippen LogP contribution in [-0.2, 0) is 0 Å². The first-order chi connectivity index (χ1) is 13.7. The average Bonchev–Trinajstić information content (AvgIpc) is 3.22. The number of para-hydroxylation sites is 1. The molecule has 2 nitrogen and oxygen atoms in total. The molecule has 2 heterocycles. The highest BCUT2D eigenvalue weighted by Gasteiger charge is 2.35. The van der Waals surface area contributed by atoms with Gasteiger partial charge in [-0.25, -0.2) is 0 Å². The quantitative estimate of drug-likeness (QED) is 0.403. The zero-order valence-corrected chi connectivity index (χ0v) is 16.0. The van der Waals surface area contributed by atoms with Gasteiger partial charge in [-0.05, 0) is 29.7 Å². The molecule has 28 heavy (non-hydrogen) atoms. The van der Waals surface area contributed by atoms with Crippen LogP contribution in [0.1, 0.15) is 35.2 Å². The van der Waals surface area contributed by atoms with E-state index in [1.807, 2.05) is 18.2 Å². The summed E-state index contributed by atoms with van der Waals surface area (Å²) in [5.41, 5.74) is 9.90. The second kappa shape index (κ2) is 6.25. The summed E-state index contributed by atoms with van der Waals surface area (Å²) in [5.74, 6) is 0.233. The minimum absolute atomic E-state index is 0.233. The van der Waals surface area contributed by atoms with E-state index in [4.69, 9.17) is 0 Å². The molecule has 0 saturated carbocycles. The smallest absolute Gasteiger partial charge is 0.102 e. The lowest BCUT2D eigenvalue weighted by Gasteiger charge is -2.10. The number of aromatic nitrogens is 1. The van der Waals surface area contributed by atoms with Crippen molar-refractivity contribution in [2.45, 2.75) is 19.8 Å². The second-order valence-electron chi connectivity index (χ2n) is 7.44. The summed E-state index contributed by atoms with van der Waals surface area (Å²) in [6.07, 6.45) is 0. The standard InChI is InChI=1S/C26H20N2/c1-17-12-14-19(15-13-17)24-22(16-27)26(20-8-4-3-5-9-20)28-23-11-7-6-10-21(23)18(2)25(24)28/h3-15,18H,1-2H3. The molecule has 0 amide bonds. The third kappa shape index (κ3) is 2.27. The van der Waals surface area contributed by atoms with Crippen LogP contribution in [0.3, 0.4) is 0 Å². The van der Waals surface area contributed by atoms with Gasteiger partial charge in [0.05, 0.1) is 11.3 Å². The lowest BCUT2D eigenvalue weighted by molar-refractivity contribution is 0.913. The fraction of sp³-hybridized carbons (Fsp3) is 0.115. The predicted molar refractivity (Wildman–Crippen MR) is 114 cm³/mol. The van der Waals surface area contributed by atoms with Crippen LogP contribution < -0.4 is 0 Å². The van der Waals surface area contributed by atoms with E-state index in [-0.39, 0.29) is 5.92 Å². The topological polar surface area (TPSA) is 28.7 Å². The maximum atomic E-state index is 10.2. The number of hydrogen-bond donors (Lipinski definition) is 0. The van der Waals surface area contributed by atoms with Gasteiger partial charge < -0.3 is 4.57 Å². The Morgan fingerprint density at radius 2 is 1.50 bits per heavy atom. The summed E-state index contributed by atoms with van der Waals surface area (Å²) >= 11 is 0. The summed E-state index contributed by atoms with van der Waals surface area (Å²) in [5, 5.41) is 10.2. The lowest BCUT2D eigenvalue weighted by Crippen LogP contribution is -1.96. The van der Waals surface area contributed by atoms with Gasteiger partial charge in [-0.1, -0.05) is 85.3 Å². The molecule has 0 fully saturated rings. The molecule has 0 N–H and O–H groups in total. The van der Waals surface area contributed by atoms with E-state index in [2.05, 4.69) is 85.1 Å². The Balaban J connectivity index is 1.92. The van der Waals surface area contributed by atoms with Crippen LogP contribution in [0.25, 0.3) is 28.1 Å². The van der Waals surface area contributed by atoms with Crippen LogP contribution in [0.15, 0.2) is 78.9 Å². The Kier molecular flexibility index (Phi) is 3.70. The molecule has 1 unspecified atom stereocenters. The molecular weight excluding hydrogens is 340 g/mol. The van der Waals surface area contributed by atoms with Gasteiger partial charge in [0, 0.05) is 22.9 Å². The van der Waals surface area contributed by atoms with Gasteiger partial charge in [0.25, 0.3) is 0 Å². The van der Waals surface area contributed by atoms with Crippen LogP contribution in [0.5, 0.6) is 0 Å². The fourth-order valence-corrected chi connectivity index (χ4v) is 4.45. The van der Waals surface area contributed by atoms with Gasteiger partial charge in [0.15, 0.2) is 0 Å². The van der Waals surface area contributed by atoms with Crippen LogP contribution in [0, 0.1) is 18.3 Å². The van der Waals surface area contributed by atoms with Crippen molar-refractivity contribution in [1.82, 2.24) is 4.57 Å². The molecule has 2 heteroatoms. The summed E-state index contributed by atoms with van der Waals surface area (Å²) in [4.78, 5) is 0. The van der Waals surface area contributed by atoms with Crippen LogP contribution in [-0.4, -0.2) is 4.57 Å². The van der Waals surface area contributed by atoms with Crippen molar-refractivity contribution >= 4 is 0 Å². The number of nitriles is 1. The molecule has 0 bridgehead atoms. The van der Waals surface area contributed by atoms with Crippen molar-refractivity contribution in [3.8, 4) is 34.1 Å². The Bertz CT molecular complexity index is 1220. The molecule has 1 atom stereocenters. The second-order valence-corrected chi connectivity index (χ2v) is 7.44. The van der Waals surface area contributed by atoms with E-state index in [0.717, 1.165) is 27.9 Å². The Morgan fingerprint density at radius 3 is 2.21 bits per heavy atom. The van der Waals surface area contributed by atoms with Crippen molar-refractivity contribution in [2.75, 3.05) is 0 Å². The largest absolute Gasteiger partial charge is 0.311 e. The van der Waals surface area contributed by atoms with E-state index in [1.165, 1.54) is 22.5 Å². The number of aryl methyl sites for hydroxylation is 1. The number of rotatable bonds is 2. The van der Waals surface area contributed by atoms with E-state index in [1.54, 1.807) is 0 Å². The molecule has 1 aromatic heterocycles. The SMILES string of the molecule is Cc1ccc(-c2c(C#N)c(-c3ccccc3)n3c2C(C)c2ccccc2-3)cc1. The molecule has 1 aliphatic heterocycles. The summed E-state index contributed by atoms with van der Waals surface area (Å²) in [6.45, 7) is 4.33. The first-order valence-electron chi connectivity index (χ1n) is 9.61. The maximum Gasteiger partial charge on any atom is 0.102 e. The zero-order chi connectivity index (χ0) is 19.3. The molecular formula is C26H20N2. The molecule has 5 rings (SSSR count). The molecule has 134 valence electrons. The van der Waals surface area contributed by atoms with Gasteiger partial charge in [0.1, 0.15) is 6.07 Å². The van der Waals surface area contributed by atoms with E-state index >= 15 is 0 Å². The molecule has 3 aromatic carbocycles. The Labute approximate surface area is 165 Å². The van der Waals surface area contributed by atoms with Crippen LogP contribution in [0.2, 0.25) is 0 Å². The fourth-order valence-electron chi connectivity index (χ4n) is 4.45. The third-order valence-electron chi connectivity index (χ3n) is 5.76. The van der Waals surface area contributed by atoms with Crippen LogP contribution in [0.4, 0.5) is 0 Å². The van der Waals surface area contributed by atoms with E-state index in [0.29, 0.717) is 0 Å². The van der Waals surface area contributed by atoms with Crippen molar-refractivity contribution in [1.29, 1.82) is 5.26 Å². The van der Waals surface area contributed by atoms with E-state index < -0.39 is 0 Å². The van der Waals surface area contributed by atoms with Crippen molar-refractivity contribution in [3.63, 3.8) is 0 Å². The summed E-state index contributed by atoms with van der Waals surface area (Å²) < 4.78 is 2.31. The summed E-state index contributed by atoms with van der Waals surface area (Å²) in [7, 11) is 0. The Morgan fingerprint density at radius 1 is 0.821 bits per heavy atom. The van der Waals surface area contributed by atoms with Gasteiger partial charge in [-0.15, -0.1) is 0 Å². The molecule has 0 aliphatic carbocycles. The van der Waals surface area contributed by atoms with Gasteiger partial charge in [-0.2, -0.15) is 5.26 Å². The highest BCUT2D eigenvalue weighted by molar-refractivity contribution is 5.88.